The minimum atomic E-state index is -1.46. The van der Waals surface area contributed by atoms with Crippen LogP contribution in [-0.4, -0.2) is 103 Å². The molecule has 15 heteroatoms. The number of esters is 1. The Bertz CT molecular complexity index is 3000. The first-order valence-corrected chi connectivity index (χ1v) is 33.5. The van der Waals surface area contributed by atoms with Crippen molar-refractivity contribution >= 4 is 5.97 Å². The molecule has 4 heterocycles. The summed E-state index contributed by atoms with van der Waals surface area (Å²) in [6, 6.07) is 29.2. The van der Waals surface area contributed by atoms with Crippen LogP contribution in [0.4, 0.5) is 0 Å². The summed E-state index contributed by atoms with van der Waals surface area (Å²) < 4.78 is 68.6. The number of nitrogens with zero attached hydrogens (tertiary/aromatic N) is 3. The van der Waals surface area contributed by atoms with E-state index in [-0.39, 0.29) is 52.7 Å². The standard InChI is InChI=1S/C73H101N3O12/c1-44-30-32-69(10)52(45(44)2)31-33-71(12)57(69)29-28-53-54-38-67(6,7)34-36-72(54,37-35-70(53,71)11)66(78)86-64-60(46(3)58(75-76-74)55(84-64)42-79-39-49-22-16-13-17-23-49)85-65-61-62(77)73(48(5)83-65,68(8,9)87-61)88-63-47(4)59(81-41-51-26-20-15-21-27-51)56(43-82-63)80-40-50-24-18-14-19-25-50/h13-28,44-48,52,54-65,77H,29-43H2,1-12H3/t44-,45?,46?,47?,48?,52-,54?,55?,56+,57?,58+,59?,60?,61?,62?,63-,64-,65-,69?,70+,71-,72-,73-/m0/s1. The number of fused-ring (bicyclic) bond motifs is 9. The van der Waals surface area contributed by atoms with E-state index in [2.05, 4.69) is 64.6 Å². The molecular formula is C73H101N3O12. The quantitative estimate of drug-likeness (QED) is 0.0445. The summed E-state index contributed by atoms with van der Waals surface area (Å²) in [4.78, 5) is 19.5. The zero-order chi connectivity index (χ0) is 62.2. The fourth-order valence-corrected chi connectivity index (χ4v) is 19.5. The van der Waals surface area contributed by atoms with Gasteiger partial charge < -0.3 is 52.5 Å². The Morgan fingerprint density at radius 3 is 2.03 bits per heavy atom. The number of aliphatic hydroxyl groups is 1. The van der Waals surface area contributed by atoms with Gasteiger partial charge in [0.15, 0.2) is 18.2 Å². The number of ether oxygens (including phenoxy) is 10. The minimum Gasteiger partial charge on any atom is -0.432 e. The van der Waals surface area contributed by atoms with E-state index in [1.54, 1.807) is 0 Å². The maximum atomic E-state index is 16.1. The molecule has 0 aromatic heterocycles. The molecule has 0 amide bonds. The van der Waals surface area contributed by atoms with Gasteiger partial charge in [0.1, 0.15) is 24.4 Å². The van der Waals surface area contributed by atoms with Crippen molar-refractivity contribution in [3.8, 4) is 0 Å². The molecular weight excluding hydrogens is 1110 g/mol. The number of azide groups is 1. The first kappa shape index (κ1) is 63.9. The molecule has 88 heavy (non-hydrogen) atoms. The summed E-state index contributed by atoms with van der Waals surface area (Å²) >= 11 is 0. The van der Waals surface area contributed by atoms with Crippen molar-refractivity contribution in [3.05, 3.63) is 130 Å². The van der Waals surface area contributed by atoms with Gasteiger partial charge >= 0.3 is 5.97 Å². The van der Waals surface area contributed by atoms with Crippen LogP contribution in [-0.2, 0) is 72.0 Å². The van der Waals surface area contributed by atoms with Crippen LogP contribution < -0.4 is 0 Å². The van der Waals surface area contributed by atoms with Crippen molar-refractivity contribution in [2.75, 3.05) is 13.2 Å². The molecule has 3 aromatic rings. The van der Waals surface area contributed by atoms with Gasteiger partial charge in [-0.25, -0.2) is 0 Å². The van der Waals surface area contributed by atoms with Crippen molar-refractivity contribution < 1.29 is 57.3 Å². The normalized spacial score (nSPS) is 44.0. The average Bonchev–Trinajstić information content (AvgIpc) is 0.890. The maximum Gasteiger partial charge on any atom is 0.315 e. The van der Waals surface area contributed by atoms with Crippen molar-refractivity contribution in [1.29, 1.82) is 0 Å². The Morgan fingerprint density at radius 2 is 1.36 bits per heavy atom. The Kier molecular flexibility index (Phi) is 17.9. The van der Waals surface area contributed by atoms with Gasteiger partial charge in [0, 0.05) is 10.8 Å². The summed E-state index contributed by atoms with van der Waals surface area (Å²) in [5.41, 5.74) is 11.6. The molecule has 4 saturated carbocycles. The molecule has 9 aliphatic rings. The molecule has 12 unspecified atom stereocenters. The highest BCUT2D eigenvalue weighted by Gasteiger charge is 2.73. The molecule has 8 fully saturated rings. The first-order chi connectivity index (χ1) is 42.0. The minimum absolute atomic E-state index is 0.0112. The van der Waals surface area contributed by atoms with E-state index in [0.29, 0.717) is 44.5 Å². The summed E-state index contributed by atoms with van der Waals surface area (Å²) in [6.45, 7) is 28.5. The maximum absolute atomic E-state index is 16.1. The highest BCUT2D eigenvalue weighted by Crippen LogP contribution is 2.75. The Balaban J connectivity index is 0.822. The second-order valence-corrected chi connectivity index (χ2v) is 30.7. The lowest BCUT2D eigenvalue weighted by molar-refractivity contribution is -0.367. The Morgan fingerprint density at radius 1 is 0.716 bits per heavy atom. The number of benzene rings is 3. The number of hydrogen-bond acceptors (Lipinski definition) is 13. The molecule has 4 saturated heterocycles. The molecule has 12 rings (SSSR count). The average molecular weight is 1210 g/mol. The number of carbonyl (C=O) groups excluding carboxylic acids is 1. The van der Waals surface area contributed by atoms with Gasteiger partial charge in [0.25, 0.3) is 0 Å². The summed E-state index contributed by atoms with van der Waals surface area (Å²) in [5.74, 6) is 1.49. The fourth-order valence-electron chi connectivity index (χ4n) is 19.5. The molecule has 4 aliphatic heterocycles. The third-order valence-corrected chi connectivity index (χ3v) is 25.1. The van der Waals surface area contributed by atoms with Crippen molar-refractivity contribution in [2.24, 2.45) is 73.6 Å². The van der Waals surface area contributed by atoms with Crippen LogP contribution in [0.25, 0.3) is 10.4 Å². The monoisotopic (exact) mass is 1210 g/mol. The largest absolute Gasteiger partial charge is 0.432 e. The molecule has 15 nitrogen and oxygen atoms in total. The smallest absolute Gasteiger partial charge is 0.315 e. The van der Waals surface area contributed by atoms with E-state index < -0.39 is 90.2 Å². The predicted octanol–water partition coefficient (Wildman–Crippen LogP) is 14.4. The molecule has 1 N–H and O–H groups in total. The van der Waals surface area contributed by atoms with Gasteiger partial charge in [-0.15, -0.1) is 0 Å². The van der Waals surface area contributed by atoms with E-state index in [1.165, 1.54) is 31.3 Å². The Hall–Kier alpha value is -4.22. The van der Waals surface area contributed by atoms with E-state index in [9.17, 15) is 10.6 Å². The third kappa shape index (κ3) is 11.0. The second-order valence-electron chi connectivity index (χ2n) is 30.7. The van der Waals surface area contributed by atoms with Crippen LogP contribution in [0.2, 0.25) is 0 Å². The predicted molar refractivity (Wildman–Crippen MR) is 333 cm³/mol. The fraction of sp³-hybridized carbons (Fsp3) is 0.712. The van der Waals surface area contributed by atoms with Gasteiger partial charge in [-0.1, -0.05) is 170 Å². The van der Waals surface area contributed by atoms with E-state index >= 15 is 4.79 Å². The number of hydrogen-bond donors (Lipinski definition) is 1. The molecule has 2 bridgehead atoms. The van der Waals surface area contributed by atoms with Gasteiger partial charge in [0.2, 0.25) is 6.29 Å². The first-order valence-electron chi connectivity index (χ1n) is 33.5. The second kappa shape index (κ2) is 24.7. The van der Waals surface area contributed by atoms with Crippen LogP contribution >= 0.6 is 0 Å². The topological polar surface area (TPSA) is 178 Å². The lowest BCUT2D eigenvalue weighted by atomic mass is 9.34. The molecule has 480 valence electrons. The van der Waals surface area contributed by atoms with Crippen LogP contribution in [0.3, 0.4) is 0 Å². The van der Waals surface area contributed by atoms with Crippen LogP contribution in [0.1, 0.15) is 164 Å². The molecule has 23 atom stereocenters. The zero-order valence-electron chi connectivity index (χ0n) is 54.5. The zero-order valence-corrected chi connectivity index (χ0v) is 54.5. The lowest BCUT2D eigenvalue weighted by Crippen LogP contribution is -2.69. The summed E-state index contributed by atoms with van der Waals surface area (Å²) in [6.07, 6.45) is 3.53. The van der Waals surface area contributed by atoms with Crippen LogP contribution in [0, 0.1) is 68.5 Å². The number of allylic oxidation sites excluding steroid dienone is 2. The van der Waals surface area contributed by atoms with Gasteiger partial charge in [-0.3, -0.25) is 4.79 Å². The molecule has 5 aliphatic carbocycles. The van der Waals surface area contributed by atoms with Crippen molar-refractivity contribution in [3.63, 3.8) is 0 Å². The number of rotatable bonds is 17. The highest BCUT2D eigenvalue weighted by molar-refractivity contribution is 5.79. The van der Waals surface area contributed by atoms with Crippen LogP contribution in [0.15, 0.2) is 108 Å². The molecule has 3 aromatic carbocycles. The Labute approximate surface area is 523 Å². The van der Waals surface area contributed by atoms with Gasteiger partial charge in [0.05, 0.1) is 68.4 Å². The van der Waals surface area contributed by atoms with Crippen molar-refractivity contribution in [1.82, 2.24) is 0 Å². The van der Waals surface area contributed by atoms with Gasteiger partial charge in [-0.2, -0.15) is 0 Å². The molecule has 0 spiro atoms. The van der Waals surface area contributed by atoms with E-state index in [0.717, 1.165) is 54.2 Å². The highest BCUT2D eigenvalue weighted by atomic mass is 16.8. The number of carbonyl (C=O) groups is 1. The van der Waals surface area contributed by atoms with Gasteiger partial charge in [-0.05, 0) is 164 Å². The third-order valence-electron chi connectivity index (χ3n) is 25.1. The SMILES string of the molecule is CC1C(OCc2ccccc2)[C@H](OCc2ccccc2)CO[C@H]1O[C@]12C(C)O[C@@H](OC3C(C)[C@@H](N=[N+]=[N-])C(COCc4ccccc4)O[C@H]3OC(=O)[C@]34CCC(C)(C)CC3C3=CCC5C6(C)CC[C@H](C)C(C)[C@@H]6CC[C@]5(C)[C@]3(C)CC4)C(OC1(C)C)C2O. The number of aliphatic hydroxyl groups excluding tert-OH is 1. The van der Waals surface area contributed by atoms with E-state index in [4.69, 9.17) is 47.4 Å². The van der Waals surface area contributed by atoms with Crippen LogP contribution in [0.5, 0.6) is 0 Å². The lowest BCUT2D eigenvalue weighted by Gasteiger charge is -2.70. The summed E-state index contributed by atoms with van der Waals surface area (Å²) in [7, 11) is 0. The summed E-state index contributed by atoms with van der Waals surface area (Å²) in [5, 5.41) is 17.3. The molecule has 0 radical (unpaired) electrons. The van der Waals surface area contributed by atoms with Crippen molar-refractivity contribution in [2.45, 2.75) is 246 Å². The van der Waals surface area contributed by atoms with E-state index in [1.807, 2.05) is 126 Å².